The van der Waals surface area contributed by atoms with Gasteiger partial charge in [-0.05, 0) is 6.92 Å². The Labute approximate surface area is 76.9 Å². The molecule has 0 amide bonds. The van der Waals surface area contributed by atoms with Gasteiger partial charge in [0.15, 0.2) is 0 Å². The van der Waals surface area contributed by atoms with Gasteiger partial charge in [0.1, 0.15) is 24.4 Å². The summed E-state index contributed by atoms with van der Waals surface area (Å²) < 4.78 is 10.1. The topological polar surface area (TPSA) is 79.2 Å². The van der Waals surface area contributed by atoms with Gasteiger partial charge >= 0.3 is 0 Å². The van der Waals surface area contributed by atoms with Crippen LogP contribution in [0.3, 0.4) is 0 Å². The molecular weight excluding hydrogens is 176 g/mol. The molecule has 5 heteroatoms. The molecule has 5 atom stereocenters. The van der Waals surface area contributed by atoms with Gasteiger partial charge in [0.05, 0.1) is 12.7 Å². The fraction of sp³-hybridized carbons (Fsp3) is 1.00. The first-order valence-corrected chi connectivity index (χ1v) is 4.27. The minimum Gasteiger partial charge on any atom is -0.394 e. The van der Waals surface area contributed by atoms with Crippen molar-refractivity contribution in [1.82, 2.24) is 0 Å². The van der Waals surface area contributed by atoms with Crippen LogP contribution in [-0.4, -0.2) is 59.6 Å². The van der Waals surface area contributed by atoms with E-state index in [1.54, 1.807) is 6.92 Å². The number of rotatable bonds is 3. The predicted octanol–water partition coefficient (Wildman–Crippen LogP) is -1.50. The highest BCUT2D eigenvalue weighted by Gasteiger charge is 2.44. The van der Waals surface area contributed by atoms with E-state index in [2.05, 4.69) is 0 Å². The molecule has 78 valence electrons. The van der Waals surface area contributed by atoms with E-state index in [1.165, 1.54) is 7.11 Å². The summed E-state index contributed by atoms with van der Waals surface area (Å²) in [6.45, 7) is 1.43. The van der Waals surface area contributed by atoms with Crippen molar-refractivity contribution in [3.63, 3.8) is 0 Å². The maximum atomic E-state index is 9.49. The van der Waals surface area contributed by atoms with Crippen molar-refractivity contribution >= 4 is 0 Å². The standard InChI is InChI=1S/C8H16O5/c1-4-6(10)7(11)8(13-4)5(3-9)12-2/h4-11H,3H2,1-2H3/t4?,5-,6?,7+,8+/m1/s1. The summed E-state index contributed by atoms with van der Waals surface area (Å²) in [5.41, 5.74) is 0. The van der Waals surface area contributed by atoms with E-state index in [0.29, 0.717) is 0 Å². The van der Waals surface area contributed by atoms with Gasteiger partial charge in [-0.2, -0.15) is 0 Å². The Morgan fingerprint density at radius 1 is 1.38 bits per heavy atom. The van der Waals surface area contributed by atoms with Crippen LogP contribution >= 0.6 is 0 Å². The molecule has 0 radical (unpaired) electrons. The van der Waals surface area contributed by atoms with E-state index >= 15 is 0 Å². The minimum atomic E-state index is -0.993. The molecule has 1 aliphatic heterocycles. The number of hydrogen-bond acceptors (Lipinski definition) is 5. The zero-order chi connectivity index (χ0) is 10.0. The summed E-state index contributed by atoms with van der Waals surface area (Å²) in [5, 5.41) is 27.7. The first-order chi connectivity index (χ1) is 6.11. The lowest BCUT2D eigenvalue weighted by molar-refractivity contribution is -0.0945. The van der Waals surface area contributed by atoms with E-state index in [-0.39, 0.29) is 6.61 Å². The van der Waals surface area contributed by atoms with Gasteiger partial charge < -0.3 is 24.8 Å². The van der Waals surface area contributed by atoms with Crippen LogP contribution in [0.1, 0.15) is 6.92 Å². The van der Waals surface area contributed by atoms with Gasteiger partial charge in [0.25, 0.3) is 0 Å². The van der Waals surface area contributed by atoms with E-state index in [9.17, 15) is 10.2 Å². The van der Waals surface area contributed by atoms with Gasteiger partial charge in [0.2, 0.25) is 0 Å². The quantitative estimate of drug-likeness (QED) is 0.507. The molecule has 3 N–H and O–H groups in total. The summed E-state index contributed by atoms with van der Waals surface area (Å²) >= 11 is 0. The summed E-state index contributed by atoms with van der Waals surface area (Å²) in [6.07, 6.45) is -3.57. The molecule has 13 heavy (non-hydrogen) atoms. The van der Waals surface area contributed by atoms with Crippen molar-refractivity contribution in [2.45, 2.75) is 37.4 Å². The highest BCUT2D eigenvalue weighted by atomic mass is 16.6. The molecule has 0 bridgehead atoms. The fourth-order valence-corrected chi connectivity index (χ4v) is 1.50. The van der Waals surface area contributed by atoms with Crippen LogP contribution < -0.4 is 0 Å². The van der Waals surface area contributed by atoms with Crippen LogP contribution in [0.25, 0.3) is 0 Å². The third-order valence-electron chi connectivity index (χ3n) is 2.39. The van der Waals surface area contributed by atoms with Crippen LogP contribution in [0.15, 0.2) is 0 Å². The summed E-state index contributed by atoms with van der Waals surface area (Å²) in [7, 11) is 1.42. The van der Waals surface area contributed by atoms with Gasteiger partial charge in [-0.15, -0.1) is 0 Å². The van der Waals surface area contributed by atoms with E-state index < -0.39 is 30.5 Å². The van der Waals surface area contributed by atoms with Gasteiger partial charge in [-0.3, -0.25) is 0 Å². The maximum absolute atomic E-state index is 9.49. The summed E-state index contributed by atoms with van der Waals surface area (Å²) in [6, 6.07) is 0. The molecule has 0 aromatic carbocycles. The van der Waals surface area contributed by atoms with Crippen molar-refractivity contribution in [3.05, 3.63) is 0 Å². The molecule has 1 fully saturated rings. The molecule has 0 saturated carbocycles. The highest BCUT2D eigenvalue weighted by Crippen LogP contribution is 2.24. The molecule has 0 spiro atoms. The molecule has 2 unspecified atom stereocenters. The largest absolute Gasteiger partial charge is 0.394 e. The van der Waals surface area contributed by atoms with Crippen LogP contribution in [0, 0.1) is 0 Å². The third kappa shape index (κ3) is 2.00. The van der Waals surface area contributed by atoms with Crippen LogP contribution in [0.2, 0.25) is 0 Å². The average Bonchev–Trinajstić information content (AvgIpc) is 2.36. The second-order valence-corrected chi connectivity index (χ2v) is 3.24. The predicted molar refractivity (Wildman–Crippen MR) is 44.2 cm³/mol. The molecule has 1 heterocycles. The smallest absolute Gasteiger partial charge is 0.115 e. The van der Waals surface area contributed by atoms with Gasteiger partial charge in [-0.1, -0.05) is 0 Å². The van der Waals surface area contributed by atoms with Crippen molar-refractivity contribution in [3.8, 4) is 0 Å². The molecule has 0 aromatic rings. The van der Waals surface area contributed by atoms with Crippen molar-refractivity contribution in [1.29, 1.82) is 0 Å². The Balaban J connectivity index is 2.61. The van der Waals surface area contributed by atoms with Gasteiger partial charge in [-0.25, -0.2) is 0 Å². The lowest BCUT2D eigenvalue weighted by Crippen LogP contribution is -2.41. The van der Waals surface area contributed by atoms with E-state index in [4.69, 9.17) is 14.6 Å². The first kappa shape index (κ1) is 10.9. The Morgan fingerprint density at radius 2 is 2.00 bits per heavy atom. The molecule has 5 nitrogen and oxygen atoms in total. The number of aliphatic hydroxyl groups excluding tert-OH is 3. The zero-order valence-corrected chi connectivity index (χ0v) is 7.75. The molecular formula is C8H16O5. The maximum Gasteiger partial charge on any atom is 0.115 e. The minimum absolute atomic E-state index is 0.238. The Hall–Kier alpha value is -0.200. The van der Waals surface area contributed by atoms with E-state index in [1.807, 2.05) is 0 Å². The van der Waals surface area contributed by atoms with Crippen LogP contribution in [0.5, 0.6) is 0 Å². The van der Waals surface area contributed by atoms with E-state index in [0.717, 1.165) is 0 Å². The Bertz CT molecular complexity index is 157. The summed E-state index contributed by atoms with van der Waals surface area (Å²) in [5.74, 6) is 0. The SMILES string of the molecule is CO[C@H](CO)[C@@H]1OC(C)C(O)[C@@H]1O. The second-order valence-electron chi connectivity index (χ2n) is 3.24. The lowest BCUT2D eigenvalue weighted by Gasteiger charge is -2.22. The summed E-state index contributed by atoms with van der Waals surface area (Å²) in [4.78, 5) is 0. The molecule has 1 aliphatic rings. The average molecular weight is 192 g/mol. The monoisotopic (exact) mass is 192 g/mol. The molecule has 1 rings (SSSR count). The Kier molecular flexibility index (Phi) is 3.63. The number of hydrogen-bond donors (Lipinski definition) is 3. The van der Waals surface area contributed by atoms with Crippen LogP contribution in [0.4, 0.5) is 0 Å². The zero-order valence-electron chi connectivity index (χ0n) is 7.75. The first-order valence-electron chi connectivity index (χ1n) is 4.27. The van der Waals surface area contributed by atoms with Crippen LogP contribution in [-0.2, 0) is 9.47 Å². The number of ether oxygens (including phenoxy) is 2. The van der Waals surface area contributed by atoms with Crippen molar-refractivity contribution in [2.75, 3.05) is 13.7 Å². The van der Waals surface area contributed by atoms with Gasteiger partial charge in [0, 0.05) is 7.11 Å². The molecule has 1 saturated heterocycles. The molecule has 0 aliphatic carbocycles. The van der Waals surface area contributed by atoms with Crippen molar-refractivity contribution in [2.24, 2.45) is 0 Å². The highest BCUT2D eigenvalue weighted by molar-refractivity contribution is 4.92. The number of aliphatic hydroxyl groups is 3. The number of methoxy groups -OCH3 is 1. The molecule has 0 aromatic heterocycles. The second kappa shape index (κ2) is 4.34. The van der Waals surface area contributed by atoms with Crippen molar-refractivity contribution < 1.29 is 24.8 Å². The fourth-order valence-electron chi connectivity index (χ4n) is 1.50. The third-order valence-corrected chi connectivity index (χ3v) is 2.39. The Morgan fingerprint density at radius 3 is 2.31 bits per heavy atom. The lowest BCUT2D eigenvalue weighted by atomic mass is 10.0. The normalized spacial score (nSPS) is 42.2.